The molecule has 3 heteroatoms. The molecule has 0 saturated carbocycles. The van der Waals surface area contributed by atoms with E-state index >= 15 is 0 Å². The van der Waals surface area contributed by atoms with Crippen LogP contribution in [0.2, 0.25) is 0 Å². The molecule has 9 aromatic carbocycles. The largest absolute Gasteiger partial charge is 0.488 e. The van der Waals surface area contributed by atoms with Crippen LogP contribution in [0, 0.1) is 0 Å². The molecule has 1 aromatic heterocycles. The van der Waals surface area contributed by atoms with Crippen molar-refractivity contribution in [3.05, 3.63) is 223 Å². The van der Waals surface area contributed by atoms with Crippen LogP contribution in [0.25, 0.3) is 72.0 Å². The van der Waals surface area contributed by atoms with E-state index in [0.717, 1.165) is 34.1 Å². The highest BCUT2D eigenvalue weighted by Crippen LogP contribution is 2.51. The number of benzene rings is 9. The smallest absolute Gasteiger partial charge is 0.127 e. The maximum Gasteiger partial charge on any atom is 0.127 e. The normalized spacial score (nSPS) is 13.3. The summed E-state index contributed by atoms with van der Waals surface area (Å²) in [6.07, 6.45) is 0. The van der Waals surface area contributed by atoms with E-state index in [9.17, 15) is 0 Å². The van der Waals surface area contributed by atoms with Gasteiger partial charge in [0.25, 0.3) is 0 Å². The number of para-hydroxylation sites is 3. The molecule has 0 atom stereocenters. The third-order valence-corrected chi connectivity index (χ3v) is 13.1. The van der Waals surface area contributed by atoms with E-state index in [1.54, 1.807) is 0 Å². The Morgan fingerprint density at radius 3 is 1.87 bits per heavy atom. The van der Waals surface area contributed by atoms with Gasteiger partial charge in [-0.25, -0.2) is 0 Å². The summed E-state index contributed by atoms with van der Waals surface area (Å²) in [5.41, 5.74) is 20.5. The topological polar surface area (TPSA) is 17.4 Å². The predicted molar refractivity (Wildman–Crippen MR) is 254 cm³/mol. The highest BCUT2D eigenvalue weighted by molar-refractivity contribution is 6.17. The molecule has 12 rings (SSSR count). The molecule has 1 aliphatic heterocycles. The van der Waals surface area contributed by atoms with E-state index < -0.39 is 0 Å². The molecule has 0 amide bonds. The van der Waals surface area contributed by atoms with Gasteiger partial charge in [0.05, 0.1) is 11.0 Å². The quantitative estimate of drug-likeness (QED) is 0.167. The summed E-state index contributed by atoms with van der Waals surface area (Å²) >= 11 is 0. The first-order valence-electron chi connectivity index (χ1n) is 21.2. The van der Waals surface area contributed by atoms with Crippen LogP contribution in [0.1, 0.15) is 30.5 Å². The molecule has 0 fully saturated rings. The lowest BCUT2D eigenvalue weighted by molar-refractivity contribution is 0.304. The lowest BCUT2D eigenvalue weighted by atomic mass is 9.82. The molecule has 0 bridgehead atoms. The van der Waals surface area contributed by atoms with Gasteiger partial charge in [-0.05, 0) is 111 Å². The zero-order chi connectivity index (χ0) is 40.7. The van der Waals surface area contributed by atoms with Crippen molar-refractivity contribution in [2.45, 2.75) is 25.9 Å². The Hall–Kier alpha value is -7.62. The number of ether oxygens (including phenoxy) is 1. The van der Waals surface area contributed by atoms with Crippen molar-refractivity contribution in [1.82, 2.24) is 4.57 Å². The summed E-state index contributed by atoms with van der Waals surface area (Å²) < 4.78 is 8.97. The van der Waals surface area contributed by atoms with Crippen molar-refractivity contribution in [2.75, 3.05) is 4.90 Å². The van der Waals surface area contributed by atoms with Gasteiger partial charge in [-0.1, -0.05) is 153 Å². The molecular weight excluding hydrogens is 741 g/mol. The number of hydrogen-bond acceptors (Lipinski definition) is 2. The van der Waals surface area contributed by atoms with E-state index in [-0.39, 0.29) is 5.41 Å². The number of nitrogens with zero attached hydrogens (tertiary/aromatic N) is 2. The SMILES string of the molecule is CC1(C)c2ccccc2-c2ccc(N(c3ccccc3)c3ccc(-n4c5ccccc5c5c6c(cc(-c7ccc(-c8ccccc8)cc7)c54)-c4ccccc4OC6)cc3)cc21. The van der Waals surface area contributed by atoms with Crippen LogP contribution >= 0.6 is 0 Å². The second kappa shape index (κ2) is 13.7. The summed E-state index contributed by atoms with van der Waals surface area (Å²) in [5.74, 6) is 0.929. The second-order valence-corrected chi connectivity index (χ2v) is 16.8. The standard InChI is InChI=1S/C58H42N2O/c1-58(2)52-22-12-9-19-45(52)46-34-33-44(35-53(46)58)59(41-17-7-4-8-18-41)42-29-31-43(32-30-42)60-54-23-13-10-21-48(54)56-51-37-61-55-24-14-11-20-47(55)50(51)36-49(57(56)60)40-27-25-39(26-28-40)38-15-5-3-6-16-38/h3-36H,37H2,1-2H3. The third kappa shape index (κ3) is 5.51. The van der Waals surface area contributed by atoms with Crippen LogP contribution in [0.15, 0.2) is 206 Å². The molecule has 0 radical (unpaired) electrons. The molecule has 10 aromatic rings. The Bertz CT molecular complexity index is 3310. The molecule has 290 valence electrons. The van der Waals surface area contributed by atoms with Crippen LogP contribution < -0.4 is 9.64 Å². The van der Waals surface area contributed by atoms with E-state index in [1.807, 2.05) is 0 Å². The monoisotopic (exact) mass is 782 g/mol. The number of rotatable bonds is 6. The molecule has 3 nitrogen and oxygen atoms in total. The Labute approximate surface area is 356 Å². The first-order chi connectivity index (χ1) is 30.0. The summed E-state index contributed by atoms with van der Waals surface area (Å²) in [5, 5.41) is 2.46. The highest BCUT2D eigenvalue weighted by Gasteiger charge is 2.36. The number of aromatic nitrogens is 1. The highest BCUT2D eigenvalue weighted by atomic mass is 16.5. The van der Waals surface area contributed by atoms with Crippen LogP contribution in [0.5, 0.6) is 5.75 Å². The van der Waals surface area contributed by atoms with Crippen molar-refractivity contribution in [3.63, 3.8) is 0 Å². The number of fused-ring (bicyclic) bond motifs is 10. The molecule has 0 spiro atoms. The van der Waals surface area contributed by atoms with Gasteiger partial charge in [-0.3, -0.25) is 0 Å². The number of hydrogen-bond donors (Lipinski definition) is 0. The minimum atomic E-state index is -0.101. The minimum Gasteiger partial charge on any atom is -0.488 e. The maximum atomic E-state index is 6.50. The van der Waals surface area contributed by atoms with Crippen molar-refractivity contribution in [1.29, 1.82) is 0 Å². The van der Waals surface area contributed by atoms with Crippen molar-refractivity contribution >= 4 is 38.9 Å². The molecule has 2 aliphatic rings. The molecule has 2 heterocycles. The fraction of sp³-hybridized carbons (Fsp3) is 0.0690. The summed E-state index contributed by atoms with van der Waals surface area (Å²) in [6, 6.07) is 75.2. The third-order valence-electron chi connectivity index (χ3n) is 13.1. The Morgan fingerprint density at radius 1 is 0.459 bits per heavy atom. The summed E-state index contributed by atoms with van der Waals surface area (Å²) in [4.78, 5) is 2.39. The zero-order valence-electron chi connectivity index (χ0n) is 34.1. The minimum absolute atomic E-state index is 0.101. The van der Waals surface area contributed by atoms with Crippen LogP contribution in [0.4, 0.5) is 17.1 Å². The van der Waals surface area contributed by atoms with Crippen molar-refractivity contribution in [2.24, 2.45) is 0 Å². The molecule has 61 heavy (non-hydrogen) atoms. The fourth-order valence-electron chi connectivity index (χ4n) is 10.2. The van der Waals surface area contributed by atoms with Gasteiger partial charge in [-0.15, -0.1) is 0 Å². The van der Waals surface area contributed by atoms with Gasteiger partial charge >= 0.3 is 0 Å². The van der Waals surface area contributed by atoms with Crippen LogP contribution in [0.3, 0.4) is 0 Å². The fourth-order valence-corrected chi connectivity index (χ4v) is 10.2. The molecule has 1 aliphatic carbocycles. The van der Waals surface area contributed by atoms with Gasteiger partial charge in [0, 0.05) is 55.6 Å². The van der Waals surface area contributed by atoms with Crippen molar-refractivity contribution in [3.8, 4) is 55.9 Å². The molecule has 0 unspecified atom stereocenters. The van der Waals surface area contributed by atoms with Gasteiger partial charge in [-0.2, -0.15) is 0 Å². The van der Waals surface area contributed by atoms with Crippen LogP contribution in [-0.4, -0.2) is 4.57 Å². The first-order valence-corrected chi connectivity index (χ1v) is 21.2. The van der Waals surface area contributed by atoms with Gasteiger partial charge < -0.3 is 14.2 Å². The van der Waals surface area contributed by atoms with Gasteiger partial charge in [0.1, 0.15) is 12.4 Å². The average Bonchev–Trinajstić information content (AvgIpc) is 3.78. The zero-order valence-corrected chi connectivity index (χ0v) is 34.1. The predicted octanol–water partition coefficient (Wildman–Crippen LogP) is 15.5. The van der Waals surface area contributed by atoms with Crippen LogP contribution in [-0.2, 0) is 12.0 Å². The molecule has 0 N–H and O–H groups in total. The average molecular weight is 783 g/mol. The Kier molecular flexibility index (Phi) is 7.95. The maximum absolute atomic E-state index is 6.50. The second-order valence-electron chi connectivity index (χ2n) is 16.8. The van der Waals surface area contributed by atoms with Crippen molar-refractivity contribution < 1.29 is 4.74 Å². The lowest BCUT2D eigenvalue weighted by Crippen LogP contribution is -2.16. The van der Waals surface area contributed by atoms with E-state index in [0.29, 0.717) is 6.61 Å². The van der Waals surface area contributed by atoms with Gasteiger partial charge in [0.2, 0.25) is 0 Å². The Balaban J connectivity index is 1.05. The lowest BCUT2D eigenvalue weighted by Gasteiger charge is -2.28. The van der Waals surface area contributed by atoms with E-state index in [4.69, 9.17) is 4.74 Å². The molecule has 0 saturated heterocycles. The summed E-state index contributed by atoms with van der Waals surface area (Å²) in [6.45, 7) is 5.21. The van der Waals surface area contributed by atoms with E-state index in [2.05, 4.69) is 230 Å². The van der Waals surface area contributed by atoms with Gasteiger partial charge in [0.15, 0.2) is 0 Å². The number of anilines is 3. The van der Waals surface area contributed by atoms with E-state index in [1.165, 1.54) is 77.4 Å². The molecular formula is C58H42N2O. The Morgan fingerprint density at radius 2 is 1.07 bits per heavy atom. The summed E-state index contributed by atoms with van der Waals surface area (Å²) in [7, 11) is 0. The first kappa shape index (κ1) is 35.3.